The van der Waals surface area contributed by atoms with Crippen LogP contribution in [0.2, 0.25) is 0 Å². The molecule has 3 rings (SSSR count). The largest absolute Gasteiger partial charge is 0.343 e. The van der Waals surface area contributed by atoms with E-state index in [0.717, 1.165) is 10.2 Å². The van der Waals surface area contributed by atoms with Crippen molar-refractivity contribution in [2.45, 2.75) is 31.7 Å². The summed E-state index contributed by atoms with van der Waals surface area (Å²) in [5, 5.41) is 0. The molecule has 0 saturated carbocycles. The molecule has 1 amide bonds. The Kier molecular flexibility index (Phi) is 5.19. The maximum absolute atomic E-state index is 12.3. The Bertz CT molecular complexity index is 890. The number of carbonyl (C=O) groups is 2. The number of aromatic nitrogens is 1. The minimum absolute atomic E-state index is 0.0559. The summed E-state index contributed by atoms with van der Waals surface area (Å²) >= 11 is 1.48. The number of benzene rings is 1. The molecule has 1 aromatic carbocycles. The lowest BCUT2D eigenvalue weighted by Crippen LogP contribution is -2.42. The van der Waals surface area contributed by atoms with Gasteiger partial charge in [0, 0.05) is 31.5 Å². The standard InChI is InChI=1S/C17H20N2O4S2/c1-19(13-6-8-25(22,23)9-7-13)17(21)5-4-15(20)12-2-3-14-16(10-12)24-11-18-14/h2-3,10-11,13H,4-9H2,1H3. The predicted molar refractivity (Wildman–Crippen MR) is 97.6 cm³/mol. The van der Waals surface area contributed by atoms with Crippen molar-refractivity contribution in [2.24, 2.45) is 0 Å². The van der Waals surface area contributed by atoms with Crippen molar-refractivity contribution in [1.29, 1.82) is 0 Å². The lowest BCUT2D eigenvalue weighted by atomic mass is 10.0. The van der Waals surface area contributed by atoms with Crippen LogP contribution >= 0.6 is 11.3 Å². The van der Waals surface area contributed by atoms with Crippen LogP contribution in [-0.4, -0.2) is 54.6 Å². The zero-order valence-corrected chi connectivity index (χ0v) is 15.6. The Morgan fingerprint density at radius 3 is 2.68 bits per heavy atom. The summed E-state index contributed by atoms with van der Waals surface area (Å²) in [6.45, 7) is 0. The molecule has 1 saturated heterocycles. The van der Waals surface area contributed by atoms with Crippen LogP contribution in [0.3, 0.4) is 0 Å². The molecular weight excluding hydrogens is 360 g/mol. The summed E-state index contributed by atoms with van der Waals surface area (Å²) in [4.78, 5) is 30.4. The van der Waals surface area contributed by atoms with Gasteiger partial charge < -0.3 is 4.90 Å². The third-order valence-electron chi connectivity index (χ3n) is 4.68. The maximum atomic E-state index is 12.3. The Balaban J connectivity index is 1.55. The van der Waals surface area contributed by atoms with Crippen LogP contribution in [0.15, 0.2) is 23.7 Å². The first-order valence-electron chi connectivity index (χ1n) is 8.18. The van der Waals surface area contributed by atoms with Crippen LogP contribution in [-0.2, 0) is 14.6 Å². The van der Waals surface area contributed by atoms with Gasteiger partial charge in [-0.3, -0.25) is 9.59 Å². The number of carbonyl (C=O) groups excluding carboxylic acids is 2. The molecule has 2 aromatic rings. The van der Waals surface area contributed by atoms with Crippen molar-refractivity contribution in [1.82, 2.24) is 9.88 Å². The normalized spacial score (nSPS) is 17.5. The third-order valence-corrected chi connectivity index (χ3v) is 7.19. The quantitative estimate of drug-likeness (QED) is 0.743. The number of fused-ring (bicyclic) bond motifs is 1. The van der Waals surface area contributed by atoms with Crippen LogP contribution in [0.4, 0.5) is 0 Å². The zero-order valence-electron chi connectivity index (χ0n) is 14.0. The summed E-state index contributed by atoms with van der Waals surface area (Å²) in [5.74, 6) is 0.0754. The van der Waals surface area contributed by atoms with Crippen molar-refractivity contribution < 1.29 is 18.0 Å². The highest BCUT2D eigenvalue weighted by Gasteiger charge is 2.28. The van der Waals surface area contributed by atoms with Gasteiger partial charge in [-0.05, 0) is 31.0 Å². The van der Waals surface area contributed by atoms with Gasteiger partial charge in [0.05, 0.1) is 27.2 Å². The lowest BCUT2D eigenvalue weighted by molar-refractivity contribution is -0.132. The molecule has 8 heteroatoms. The molecule has 0 aliphatic carbocycles. The van der Waals surface area contributed by atoms with E-state index >= 15 is 0 Å². The fourth-order valence-electron chi connectivity index (χ4n) is 3.04. The number of amides is 1. The second kappa shape index (κ2) is 7.21. The number of thiazole rings is 1. The summed E-state index contributed by atoms with van der Waals surface area (Å²) in [5.41, 5.74) is 3.20. The highest BCUT2D eigenvalue weighted by molar-refractivity contribution is 7.91. The summed E-state index contributed by atoms with van der Waals surface area (Å²) in [6, 6.07) is 5.31. The first-order chi connectivity index (χ1) is 11.9. The molecule has 25 heavy (non-hydrogen) atoms. The fourth-order valence-corrected chi connectivity index (χ4v) is 5.22. The van der Waals surface area contributed by atoms with Gasteiger partial charge in [-0.1, -0.05) is 0 Å². The summed E-state index contributed by atoms with van der Waals surface area (Å²) < 4.78 is 23.9. The number of sulfone groups is 1. The van der Waals surface area contributed by atoms with Crippen molar-refractivity contribution in [2.75, 3.05) is 18.6 Å². The van der Waals surface area contributed by atoms with Gasteiger partial charge in [0.15, 0.2) is 5.78 Å². The molecule has 0 unspecified atom stereocenters. The van der Waals surface area contributed by atoms with E-state index in [-0.39, 0.29) is 42.1 Å². The van der Waals surface area contributed by atoms with Crippen molar-refractivity contribution in [3.63, 3.8) is 0 Å². The van der Waals surface area contributed by atoms with Gasteiger partial charge in [0.1, 0.15) is 9.84 Å². The Hall–Kier alpha value is -1.80. The summed E-state index contributed by atoms with van der Waals surface area (Å²) in [6.07, 6.45) is 1.24. The molecule has 1 aliphatic rings. The lowest BCUT2D eigenvalue weighted by Gasteiger charge is -2.31. The first-order valence-corrected chi connectivity index (χ1v) is 10.9. The van der Waals surface area contributed by atoms with Crippen LogP contribution in [0.25, 0.3) is 10.2 Å². The van der Waals surface area contributed by atoms with Crippen LogP contribution in [0, 0.1) is 0 Å². The third kappa shape index (κ3) is 4.24. The molecular formula is C17H20N2O4S2. The van der Waals surface area contributed by atoms with E-state index in [0.29, 0.717) is 18.4 Å². The minimum atomic E-state index is -2.95. The molecule has 6 nitrogen and oxygen atoms in total. The van der Waals surface area contributed by atoms with Gasteiger partial charge in [0.25, 0.3) is 0 Å². The highest BCUT2D eigenvalue weighted by Crippen LogP contribution is 2.21. The van der Waals surface area contributed by atoms with Crippen molar-refractivity contribution in [3.8, 4) is 0 Å². The van der Waals surface area contributed by atoms with Gasteiger partial charge in [-0.2, -0.15) is 0 Å². The van der Waals surface area contributed by atoms with Crippen LogP contribution in [0.5, 0.6) is 0 Å². The number of Topliss-reactive ketones (excluding diaryl/α,β-unsaturated/α-hetero) is 1. The molecule has 0 N–H and O–H groups in total. The molecule has 134 valence electrons. The van der Waals surface area contributed by atoms with E-state index in [1.165, 1.54) is 11.3 Å². The number of hydrogen-bond donors (Lipinski definition) is 0. The van der Waals surface area contributed by atoms with E-state index in [1.807, 2.05) is 12.1 Å². The second-order valence-electron chi connectivity index (χ2n) is 6.35. The van der Waals surface area contributed by atoms with Crippen LogP contribution < -0.4 is 0 Å². The molecule has 0 atom stereocenters. The van der Waals surface area contributed by atoms with E-state index in [9.17, 15) is 18.0 Å². The topological polar surface area (TPSA) is 84.4 Å². The average Bonchev–Trinajstić information content (AvgIpc) is 3.06. The fraction of sp³-hybridized carbons (Fsp3) is 0.471. The number of rotatable bonds is 5. The van der Waals surface area contributed by atoms with E-state index < -0.39 is 9.84 Å². The predicted octanol–water partition coefficient (Wildman–Crippen LogP) is 2.29. The van der Waals surface area contributed by atoms with Gasteiger partial charge in [-0.15, -0.1) is 11.3 Å². The maximum Gasteiger partial charge on any atom is 0.223 e. The monoisotopic (exact) mass is 380 g/mol. The Morgan fingerprint density at radius 1 is 1.24 bits per heavy atom. The van der Waals surface area contributed by atoms with Gasteiger partial charge >= 0.3 is 0 Å². The number of hydrogen-bond acceptors (Lipinski definition) is 6. The van der Waals surface area contributed by atoms with Crippen molar-refractivity contribution in [3.05, 3.63) is 29.3 Å². The highest BCUT2D eigenvalue weighted by atomic mass is 32.2. The smallest absolute Gasteiger partial charge is 0.223 e. The average molecular weight is 380 g/mol. The minimum Gasteiger partial charge on any atom is -0.343 e. The molecule has 0 spiro atoms. The molecule has 1 aromatic heterocycles. The second-order valence-corrected chi connectivity index (χ2v) is 9.54. The molecule has 0 radical (unpaired) electrons. The molecule has 0 bridgehead atoms. The van der Waals surface area contributed by atoms with E-state index in [4.69, 9.17) is 0 Å². The first kappa shape index (κ1) is 18.0. The van der Waals surface area contributed by atoms with Crippen molar-refractivity contribution >= 4 is 43.1 Å². The SMILES string of the molecule is CN(C(=O)CCC(=O)c1ccc2ncsc2c1)C1CCS(=O)(=O)CC1. The van der Waals surface area contributed by atoms with Crippen LogP contribution in [0.1, 0.15) is 36.0 Å². The summed E-state index contributed by atoms with van der Waals surface area (Å²) in [7, 11) is -1.25. The zero-order chi connectivity index (χ0) is 18.0. The van der Waals surface area contributed by atoms with Gasteiger partial charge in [0.2, 0.25) is 5.91 Å². The van der Waals surface area contributed by atoms with E-state index in [1.54, 1.807) is 23.5 Å². The molecule has 1 aliphatic heterocycles. The number of nitrogens with zero attached hydrogens (tertiary/aromatic N) is 2. The Labute approximate surface area is 150 Å². The van der Waals surface area contributed by atoms with E-state index in [2.05, 4.69) is 4.98 Å². The molecule has 2 heterocycles. The van der Waals surface area contributed by atoms with Gasteiger partial charge in [-0.25, -0.2) is 13.4 Å². The molecule has 1 fully saturated rings. The number of ketones is 1. The Morgan fingerprint density at radius 2 is 1.96 bits per heavy atom.